The van der Waals surface area contributed by atoms with Crippen molar-refractivity contribution in [2.45, 2.75) is 26.3 Å². The number of hydrogen-bond acceptors (Lipinski definition) is 5. The zero-order valence-corrected chi connectivity index (χ0v) is 9.10. The standard InChI is InChI=1S/C8H14N4OS/c1-6(2)9-4-3-7(13)11-8-12-10-5-14-8/h5-6,9H,3-4H2,1-2H3,(H,11,12,13). The maximum Gasteiger partial charge on any atom is 0.227 e. The van der Waals surface area contributed by atoms with Gasteiger partial charge in [-0.15, -0.1) is 10.2 Å². The number of amides is 1. The Bertz CT molecular complexity index is 273. The van der Waals surface area contributed by atoms with Crippen LogP contribution in [0.2, 0.25) is 0 Å². The van der Waals surface area contributed by atoms with E-state index < -0.39 is 0 Å². The summed E-state index contributed by atoms with van der Waals surface area (Å²) in [7, 11) is 0. The molecule has 1 aromatic rings. The van der Waals surface area contributed by atoms with Crippen molar-refractivity contribution in [2.75, 3.05) is 11.9 Å². The van der Waals surface area contributed by atoms with Crippen LogP contribution in [0.3, 0.4) is 0 Å². The molecule has 0 spiro atoms. The third kappa shape index (κ3) is 4.29. The van der Waals surface area contributed by atoms with Gasteiger partial charge in [0.05, 0.1) is 0 Å². The first kappa shape index (κ1) is 11.1. The van der Waals surface area contributed by atoms with Crippen LogP contribution in [0, 0.1) is 0 Å². The summed E-state index contributed by atoms with van der Waals surface area (Å²) in [6.07, 6.45) is 0.456. The van der Waals surface area contributed by atoms with Gasteiger partial charge in [0.2, 0.25) is 11.0 Å². The maximum absolute atomic E-state index is 11.3. The highest BCUT2D eigenvalue weighted by Gasteiger charge is 2.04. The summed E-state index contributed by atoms with van der Waals surface area (Å²) in [5, 5.41) is 13.7. The first-order valence-corrected chi connectivity index (χ1v) is 5.36. The van der Waals surface area contributed by atoms with Gasteiger partial charge in [-0.1, -0.05) is 25.2 Å². The fourth-order valence-corrected chi connectivity index (χ4v) is 1.34. The summed E-state index contributed by atoms with van der Waals surface area (Å²) in [5.74, 6) is -0.0325. The molecule has 0 fully saturated rings. The minimum Gasteiger partial charge on any atom is -0.314 e. The molecule has 0 aromatic carbocycles. The van der Waals surface area contributed by atoms with Crippen LogP contribution >= 0.6 is 11.3 Å². The number of anilines is 1. The highest BCUT2D eigenvalue weighted by Crippen LogP contribution is 2.07. The van der Waals surface area contributed by atoms with Crippen LogP contribution in [0.25, 0.3) is 0 Å². The van der Waals surface area contributed by atoms with Crippen LogP contribution in [0.4, 0.5) is 5.13 Å². The number of aromatic nitrogens is 2. The fourth-order valence-electron chi connectivity index (χ4n) is 0.884. The van der Waals surface area contributed by atoms with Gasteiger partial charge in [-0.25, -0.2) is 0 Å². The Morgan fingerprint density at radius 1 is 1.64 bits per heavy atom. The summed E-state index contributed by atoms with van der Waals surface area (Å²) in [6.45, 7) is 4.77. The van der Waals surface area contributed by atoms with E-state index in [2.05, 4.69) is 20.8 Å². The first-order valence-electron chi connectivity index (χ1n) is 4.48. The van der Waals surface area contributed by atoms with Crippen molar-refractivity contribution in [3.8, 4) is 0 Å². The fraction of sp³-hybridized carbons (Fsp3) is 0.625. The van der Waals surface area contributed by atoms with Crippen LogP contribution in [0.5, 0.6) is 0 Å². The average molecular weight is 214 g/mol. The van der Waals surface area contributed by atoms with E-state index in [-0.39, 0.29) is 5.91 Å². The second-order valence-electron chi connectivity index (χ2n) is 3.15. The van der Waals surface area contributed by atoms with Crippen LogP contribution < -0.4 is 10.6 Å². The molecule has 78 valence electrons. The number of carbonyl (C=O) groups excluding carboxylic acids is 1. The zero-order chi connectivity index (χ0) is 10.4. The van der Waals surface area contributed by atoms with Gasteiger partial charge >= 0.3 is 0 Å². The Labute approximate surface area is 86.9 Å². The van der Waals surface area contributed by atoms with Crippen LogP contribution in [0.1, 0.15) is 20.3 Å². The van der Waals surface area contributed by atoms with Crippen molar-refractivity contribution in [3.63, 3.8) is 0 Å². The lowest BCUT2D eigenvalue weighted by Crippen LogP contribution is -2.27. The number of nitrogens with zero attached hydrogens (tertiary/aromatic N) is 2. The van der Waals surface area contributed by atoms with E-state index >= 15 is 0 Å². The third-order valence-electron chi connectivity index (χ3n) is 1.51. The Hall–Kier alpha value is -1.01. The lowest BCUT2D eigenvalue weighted by Gasteiger charge is -2.06. The minimum atomic E-state index is -0.0325. The molecule has 0 saturated carbocycles. The molecule has 0 bridgehead atoms. The molecule has 1 rings (SSSR count). The van der Waals surface area contributed by atoms with E-state index in [4.69, 9.17) is 0 Å². The quantitative estimate of drug-likeness (QED) is 0.763. The molecule has 0 saturated heterocycles. The number of hydrogen-bond donors (Lipinski definition) is 2. The molecular weight excluding hydrogens is 200 g/mol. The van der Waals surface area contributed by atoms with Gasteiger partial charge in [0.25, 0.3) is 0 Å². The Morgan fingerprint density at radius 3 is 3.00 bits per heavy atom. The lowest BCUT2D eigenvalue weighted by molar-refractivity contribution is -0.116. The van der Waals surface area contributed by atoms with Gasteiger partial charge in [-0.3, -0.25) is 4.79 Å². The highest BCUT2D eigenvalue weighted by atomic mass is 32.1. The molecule has 1 amide bonds. The van der Waals surface area contributed by atoms with Gasteiger partial charge < -0.3 is 10.6 Å². The summed E-state index contributed by atoms with van der Waals surface area (Å²) >= 11 is 1.32. The first-order chi connectivity index (χ1) is 6.68. The Morgan fingerprint density at radius 2 is 2.43 bits per heavy atom. The van der Waals surface area contributed by atoms with Crippen LogP contribution in [-0.4, -0.2) is 28.7 Å². The largest absolute Gasteiger partial charge is 0.314 e. The molecule has 0 aliphatic carbocycles. The molecule has 5 nitrogen and oxygen atoms in total. The summed E-state index contributed by atoms with van der Waals surface area (Å²) in [6, 6.07) is 0.407. The van der Waals surface area contributed by atoms with Gasteiger partial charge in [-0.2, -0.15) is 0 Å². The normalized spacial score (nSPS) is 10.5. The van der Waals surface area contributed by atoms with Crippen molar-refractivity contribution < 1.29 is 4.79 Å². The van der Waals surface area contributed by atoms with E-state index in [1.165, 1.54) is 11.3 Å². The average Bonchev–Trinajstić information content (AvgIpc) is 2.56. The predicted molar refractivity (Wildman–Crippen MR) is 56.3 cm³/mol. The molecule has 0 radical (unpaired) electrons. The van der Waals surface area contributed by atoms with Gasteiger partial charge in [-0.05, 0) is 0 Å². The molecule has 14 heavy (non-hydrogen) atoms. The predicted octanol–water partition coefficient (Wildman–Crippen LogP) is 0.865. The summed E-state index contributed by atoms with van der Waals surface area (Å²) < 4.78 is 0. The maximum atomic E-state index is 11.3. The summed E-state index contributed by atoms with van der Waals surface area (Å²) in [4.78, 5) is 11.3. The number of carbonyl (C=O) groups is 1. The monoisotopic (exact) mass is 214 g/mol. The van der Waals surface area contributed by atoms with E-state index in [0.29, 0.717) is 24.1 Å². The smallest absolute Gasteiger partial charge is 0.227 e. The Kier molecular flexibility index (Phi) is 4.48. The number of nitrogens with one attached hydrogen (secondary N) is 2. The molecule has 0 unspecified atom stereocenters. The van der Waals surface area contributed by atoms with Gasteiger partial charge in [0.15, 0.2) is 0 Å². The SMILES string of the molecule is CC(C)NCCC(=O)Nc1nncs1. The molecule has 1 heterocycles. The molecule has 6 heteroatoms. The van der Waals surface area contributed by atoms with Crippen molar-refractivity contribution in [1.82, 2.24) is 15.5 Å². The van der Waals surface area contributed by atoms with Crippen molar-refractivity contribution >= 4 is 22.4 Å². The van der Waals surface area contributed by atoms with E-state index in [1.54, 1.807) is 5.51 Å². The zero-order valence-electron chi connectivity index (χ0n) is 8.28. The molecule has 2 N–H and O–H groups in total. The lowest BCUT2D eigenvalue weighted by atomic mass is 10.3. The molecular formula is C8H14N4OS. The van der Waals surface area contributed by atoms with Crippen molar-refractivity contribution in [3.05, 3.63) is 5.51 Å². The van der Waals surface area contributed by atoms with E-state index in [1.807, 2.05) is 13.8 Å². The van der Waals surface area contributed by atoms with Gasteiger partial charge in [0.1, 0.15) is 5.51 Å². The highest BCUT2D eigenvalue weighted by molar-refractivity contribution is 7.13. The van der Waals surface area contributed by atoms with Crippen LogP contribution in [0.15, 0.2) is 5.51 Å². The molecule has 0 aliphatic heterocycles. The van der Waals surface area contributed by atoms with Crippen LogP contribution in [-0.2, 0) is 4.79 Å². The van der Waals surface area contributed by atoms with Gasteiger partial charge in [0, 0.05) is 19.0 Å². The Balaban J connectivity index is 2.17. The van der Waals surface area contributed by atoms with E-state index in [0.717, 1.165) is 0 Å². The summed E-state index contributed by atoms with van der Waals surface area (Å²) in [5.41, 5.74) is 1.59. The molecule has 0 aliphatic rings. The van der Waals surface area contributed by atoms with E-state index in [9.17, 15) is 4.79 Å². The third-order valence-corrected chi connectivity index (χ3v) is 2.12. The van der Waals surface area contributed by atoms with Crippen molar-refractivity contribution in [1.29, 1.82) is 0 Å². The molecule has 1 aromatic heterocycles. The minimum absolute atomic E-state index is 0.0325. The second kappa shape index (κ2) is 5.66. The molecule has 0 atom stereocenters. The topological polar surface area (TPSA) is 66.9 Å². The second-order valence-corrected chi connectivity index (χ2v) is 3.98. The van der Waals surface area contributed by atoms with Crippen molar-refractivity contribution in [2.24, 2.45) is 0 Å². The number of rotatable bonds is 5.